The molecular weight excluding hydrogens is 233 g/mol. The van der Waals surface area contributed by atoms with Gasteiger partial charge in [0.2, 0.25) is 0 Å². The summed E-state index contributed by atoms with van der Waals surface area (Å²) in [5.74, 6) is 0.174. The lowest BCUT2D eigenvalue weighted by atomic mass is 10.4. The largest absolute Gasteiger partial charge is 0.512 e. The summed E-state index contributed by atoms with van der Waals surface area (Å²) in [6.07, 6.45) is 0. The van der Waals surface area contributed by atoms with E-state index in [1.807, 2.05) is 0 Å². The van der Waals surface area contributed by atoms with Crippen LogP contribution in [0, 0.1) is 0 Å². The highest BCUT2D eigenvalue weighted by molar-refractivity contribution is 7.33. The van der Waals surface area contributed by atoms with Crippen molar-refractivity contribution in [2.24, 2.45) is 0 Å². The fourth-order valence-electron chi connectivity index (χ4n) is 0.762. The Morgan fingerprint density at radius 2 is 1.50 bits per heavy atom. The van der Waals surface area contributed by atoms with E-state index in [1.54, 1.807) is 11.9 Å². The molecule has 0 saturated heterocycles. The Bertz CT molecular complexity index is 222. The molecule has 0 saturated carbocycles. The van der Waals surface area contributed by atoms with E-state index >= 15 is 0 Å². The van der Waals surface area contributed by atoms with Crippen LogP contribution in [0.4, 0.5) is 0 Å². The lowest BCUT2D eigenvalue weighted by molar-refractivity contribution is 0.269. The number of hydrogen-bond acceptors (Lipinski definition) is 6. The minimum atomic E-state index is -2.12. The molecule has 0 bridgehead atoms. The first kappa shape index (κ1) is 17.6. The van der Waals surface area contributed by atoms with Crippen molar-refractivity contribution in [2.45, 2.75) is 0 Å². The molecule has 6 nitrogen and oxygen atoms in total. The maximum atomic E-state index is 9.92. The van der Waals surface area contributed by atoms with Crippen LogP contribution in [-0.4, -0.2) is 49.5 Å². The van der Waals surface area contributed by atoms with Crippen LogP contribution in [0.25, 0.3) is 0 Å². The molecule has 0 rings (SSSR count). The van der Waals surface area contributed by atoms with Gasteiger partial charge < -0.3 is 19.3 Å². The van der Waals surface area contributed by atoms with E-state index in [0.717, 1.165) is 0 Å². The SMILES string of the molecule is C=C(O)CN(C)CC(=C)O.CO[PH](=O)OC. The molecule has 0 radical (unpaired) electrons. The van der Waals surface area contributed by atoms with E-state index in [9.17, 15) is 4.57 Å². The summed E-state index contributed by atoms with van der Waals surface area (Å²) in [6, 6.07) is 0. The van der Waals surface area contributed by atoms with Gasteiger partial charge in [-0.25, -0.2) is 0 Å². The Hall–Kier alpha value is -0.810. The lowest BCUT2D eigenvalue weighted by Gasteiger charge is -2.13. The molecule has 0 heterocycles. The third-order valence-corrected chi connectivity index (χ3v) is 1.90. The van der Waals surface area contributed by atoms with Gasteiger partial charge in [-0.05, 0) is 7.05 Å². The second kappa shape index (κ2) is 10.7. The molecule has 0 spiro atoms. The lowest BCUT2D eigenvalue weighted by Crippen LogP contribution is -2.22. The van der Waals surface area contributed by atoms with Crippen molar-refractivity contribution in [3.63, 3.8) is 0 Å². The molecule has 0 unspecified atom stereocenters. The highest BCUT2D eigenvalue weighted by atomic mass is 31.1. The van der Waals surface area contributed by atoms with E-state index in [4.69, 9.17) is 10.2 Å². The van der Waals surface area contributed by atoms with Gasteiger partial charge in [0.15, 0.2) is 0 Å². The van der Waals surface area contributed by atoms with E-state index in [-0.39, 0.29) is 11.5 Å². The first-order chi connectivity index (χ1) is 7.33. The van der Waals surface area contributed by atoms with E-state index in [0.29, 0.717) is 13.1 Å². The quantitative estimate of drug-likeness (QED) is 0.554. The van der Waals surface area contributed by atoms with Crippen molar-refractivity contribution in [3.8, 4) is 0 Å². The van der Waals surface area contributed by atoms with Gasteiger partial charge in [0, 0.05) is 14.2 Å². The number of nitrogens with zero attached hydrogens (tertiary/aromatic N) is 1. The molecule has 2 N–H and O–H groups in total. The highest BCUT2D eigenvalue weighted by Crippen LogP contribution is 2.18. The summed E-state index contributed by atoms with van der Waals surface area (Å²) < 4.78 is 18.4. The van der Waals surface area contributed by atoms with Gasteiger partial charge in [0.1, 0.15) is 0 Å². The molecule has 0 aromatic carbocycles. The van der Waals surface area contributed by atoms with Gasteiger partial charge >= 0.3 is 8.25 Å². The maximum absolute atomic E-state index is 9.92. The van der Waals surface area contributed by atoms with Crippen LogP contribution in [0.3, 0.4) is 0 Å². The second-order valence-electron chi connectivity index (χ2n) is 2.96. The fourth-order valence-corrected chi connectivity index (χ4v) is 0.929. The molecule has 96 valence electrons. The van der Waals surface area contributed by atoms with Crippen LogP contribution in [0.15, 0.2) is 24.7 Å². The summed E-state index contributed by atoms with van der Waals surface area (Å²) in [5, 5.41) is 17.4. The van der Waals surface area contributed by atoms with Gasteiger partial charge in [-0.1, -0.05) is 13.2 Å². The molecular formula is C9H20NO5P. The number of aliphatic hydroxyl groups excluding tert-OH is 2. The monoisotopic (exact) mass is 253 g/mol. The molecule has 0 aliphatic rings. The molecule has 0 atom stereocenters. The zero-order valence-corrected chi connectivity index (χ0v) is 10.9. The molecule has 0 aromatic rings. The average Bonchev–Trinajstić information content (AvgIpc) is 2.14. The third-order valence-electron chi connectivity index (χ3n) is 1.24. The summed E-state index contributed by atoms with van der Waals surface area (Å²) >= 11 is 0. The van der Waals surface area contributed by atoms with Crippen molar-refractivity contribution in [1.82, 2.24) is 4.90 Å². The van der Waals surface area contributed by atoms with Crippen LogP contribution in [0.5, 0.6) is 0 Å². The Labute approximate surface area is 96.7 Å². The van der Waals surface area contributed by atoms with Crippen molar-refractivity contribution in [3.05, 3.63) is 24.7 Å². The van der Waals surface area contributed by atoms with Gasteiger partial charge in [0.25, 0.3) is 0 Å². The second-order valence-corrected chi connectivity index (χ2v) is 4.28. The van der Waals surface area contributed by atoms with Crippen molar-refractivity contribution >= 4 is 8.25 Å². The first-order valence-corrected chi connectivity index (χ1v) is 5.59. The summed E-state index contributed by atoms with van der Waals surface area (Å²) in [6.45, 7) is 7.33. The van der Waals surface area contributed by atoms with Gasteiger partial charge in [-0.2, -0.15) is 0 Å². The van der Waals surface area contributed by atoms with Gasteiger partial charge in [0.05, 0.1) is 24.6 Å². The smallest absolute Gasteiger partial charge is 0.318 e. The minimum Gasteiger partial charge on any atom is -0.512 e. The molecule has 0 fully saturated rings. The van der Waals surface area contributed by atoms with Gasteiger partial charge in [-0.3, -0.25) is 9.46 Å². The Kier molecular flexibility index (Phi) is 11.8. The molecule has 0 amide bonds. The van der Waals surface area contributed by atoms with Gasteiger partial charge in [-0.15, -0.1) is 0 Å². The van der Waals surface area contributed by atoms with Crippen LogP contribution >= 0.6 is 8.25 Å². The zero-order chi connectivity index (χ0) is 13.1. The summed E-state index contributed by atoms with van der Waals surface area (Å²) in [7, 11) is 2.31. The Morgan fingerprint density at radius 1 is 1.19 bits per heavy atom. The predicted octanol–water partition coefficient (Wildman–Crippen LogP) is 1.73. The number of likely N-dealkylation sites (N-methyl/N-ethyl adjacent to an activating group) is 1. The van der Waals surface area contributed by atoms with Crippen LogP contribution in [0.2, 0.25) is 0 Å². The molecule has 16 heavy (non-hydrogen) atoms. The normalized spacial score (nSPS) is 9.81. The Morgan fingerprint density at radius 3 is 1.62 bits per heavy atom. The zero-order valence-electron chi connectivity index (χ0n) is 9.89. The molecule has 0 aromatic heterocycles. The highest BCUT2D eigenvalue weighted by Gasteiger charge is 1.99. The van der Waals surface area contributed by atoms with Crippen molar-refractivity contribution < 1.29 is 23.8 Å². The Balaban J connectivity index is 0. The number of aliphatic hydroxyl groups is 2. The van der Waals surface area contributed by atoms with Crippen molar-refractivity contribution in [2.75, 3.05) is 34.4 Å². The average molecular weight is 253 g/mol. The first-order valence-electron chi connectivity index (χ1n) is 4.37. The van der Waals surface area contributed by atoms with Crippen molar-refractivity contribution in [1.29, 1.82) is 0 Å². The predicted molar refractivity (Wildman–Crippen MR) is 64.1 cm³/mol. The van der Waals surface area contributed by atoms with Crippen LogP contribution in [-0.2, 0) is 13.6 Å². The molecule has 7 heteroatoms. The molecule has 0 aliphatic carbocycles. The van der Waals surface area contributed by atoms with E-state index in [2.05, 4.69) is 22.2 Å². The fraction of sp³-hybridized carbons (Fsp3) is 0.556. The van der Waals surface area contributed by atoms with E-state index < -0.39 is 8.25 Å². The van der Waals surface area contributed by atoms with E-state index in [1.165, 1.54) is 14.2 Å². The number of hydrogen-bond donors (Lipinski definition) is 2. The standard InChI is InChI=1S/C7H13NO2.C2H7O3P/c1-6(9)4-8(3)5-7(2)10;1-4-6(3)5-2/h9-10H,1-2,4-5H2,3H3;6H,1-2H3. The summed E-state index contributed by atoms with van der Waals surface area (Å²) in [5.41, 5.74) is 0. The maximum Gasteiger partial charge on any atom is 0.318 e. The molecule has 0 aliphatic heterocycles. The van der Waals surface area contributed by atoms with Crippen LogP contribution in [0.1, 0.15) is 0 Å². The minimum absolute atomic E-state index is 0.0868. The topological polar surface area (TPSA) is 79.2 Å². The number of rotatable bonds is 6. The third kappa shape index (κ3) is 15.7. The summed E-state index contributed by atoms with van der Waals surface area (Å²) in [4.78, 5) is 1.70. The van der Waals surface area contributed by atoms with Crippen LogP contribution < -0.4 is 0 Å².